The average Bonchev–Trinajstić information content (AvgIpc) is 2.99. The van der Waals surface area contributed by atoms with Crippen molar-refractivity contribution in [2.24, 2.45) is 0 Å². The molecule has 0 atom stereocenters. The van der Waals surface area contributed by atoms with Gasteiger partial charge in [-0.3, -0.25) is 9.59 Å². The van der Waals surface area contributed by atoms with Gasteiger partial charge in [-0.05, 0) is 75.2 Å². The molecule has 0 aliphatic carbocycles. The van der Waals surface area contributed by atoms with E-state index in [1.807, 2.05) is 70.2 Å². The fourth-order valence-corrected chi connectivity index (χ4v) is 4.10. The lowest BCUT2D eigenvalue weighted by atomic mass is 9.97. The summed E-state index contributed by atoms with van der Waals surface area (Å²) in [6, 6.07) is 19.9. The lowest BCUT2D eigenvalue weighted by molar-refractivity contribution is -0.120. The van der Waals surface area contributed by atoms with Crippen molar-refractivity contribution < 1.29 is 14.3 Å². The number of nitrogens with zero attached hydrogens (tertiary/aromatic N) is 1. The van der Waals surface area contributed by atoms with E-state index in [0.717, 1.165) is 21.8 Å². The highest BCUT2D eigenvalue weighted by molar-refractivity contribution is 6.48. The van der Waals surface area contributed by atoms with Gasteiger partial charge in [-0.25, -0.2) is 4.90 Å². The van der Waals surface area contributed by atoms with Crippen molar-refractivity contribution in [2.75, 3.05) is 10.2 Å². The molecule has 2 amide bonds. The Kier molecular flexibility index (Phi) is 6.25. The SMILES string of the molecule is Cc1ccc(C2=C(Nc3ccc(OC(C)C)cc3)C(=O)N(c3ccccc3Cl)C2=O)c(C)c1. The molecule has 0 unspecified atom stereocenters. The second-order valence-electron chi connectivity index (χ2n) is 8.28. The smallest absolute Gasteiger partial charge is 0.282 e. The molecule has 33 heavy (non-hydrogen) atoms. The van der Waals surface area contributed by atoms with Crippen LogP contribution in [0.25, 0.3) is 5.57 Å². The number of halogens is 1. The molecule has 0 bridgehead atoms. The minimum absolute atomic E-state index is 0.0563. The molecule has 0 saturated heterocycles. The first-order valence-electron chi connectivity index (χ1n) is 10.7. The topological polar surface area (TPSA) is 58.6 Å². The molecule has 168 valence electrons. The maximum Gasteiger partial charge on any atom is 0.282 e. The van der Waals surface area contributed by atoms with Gasteiger partial charge >= 0.3 is 0 Å². The molecule has 0 aromatic heterocycles. The number of ether oxygens (including phenoxy) is 1. The van der Waals surface area contributed by atoms with Crippen LogP contribution >= 0.6 is 11.6 Å². The second-order valence-corrected chi connectivity index (χ2v) is 8.69. The van der Waals surface area contributed by atoms with Crippen molar-refractivity contribution in [3.63, 3.8) is 0 Å². The second kappa shape index (κ2) is 9.12. The normalized spacial score (nSPS) is 13.8. The molecule has 4 rings (SSSR count). The summed E-state index contributed by atoms with van der Waals surface area (Å²) >= 11 is 6.35. The average molecular weight is 461 g/mol. The van der Waals surface area contributed by atoms with Crippen molar-refractivity contribution in [2.45, 2.75) is 33.8 Å². The molecule has 0 radical (unpaired) electrons. The Morgan fingerprint density at radius 1 is 0.909 bits per heavy atom. The molecule has 0 spiro atoms. The fourth-order valence-electron chi connectivity index (χ4n) is 3.87. The van der Waals surface area contributed by atoms with Crippen LogP contribution in [0.5, 0.6) is 5.75 Å². The van der Waals surface area contributed by atoms with Gasteiger partial charge in [-0.2, -0.15) is 0 Å². The number of aryl methyl sites for hydroxylation is 2. The van der Waals surface area contributed by atoms with E-state index < -0.39 is 11.8 Å². The first-order chi connectivity index (χ1) is 15.8. The van der Waals surface area contributed by atoms with Crippen molar-refractivity contribution in [3.05, 3.63) is 94.1 Å². The number of imide groups is 1. The zero-order valence-electron chi connectivity index (χ0n) is 19.0. The van der Waals surface area contributed by atoms with Gasteiger partial charge in [0.2, 0.25) is 0 Å². The van der Waals surface area contributed by atoms with Crippen molar-refractivity contribution in [1.82, 2.24) is 0 Å². The lowest BCUT2D eigenvalue weighted by Crippen LogP contribution is -2.32. The number of anilines is 2. The Morgan fingerprint density at radius 3 is 2.24 bits per heavy atom. The Morgan fingerprint density at radius 2 is 1.61 bits per heavy atom. The molecule has 1 aliphatic rings. The van der Waals surface area contributed by atoms with Gasteiger partial charge in [0.05, 0.1) is 22.4 Å². The van der Waals surface area contributed by atoms with Gasteiger partial charge < -0.3 is 10.1 Å². The third-order valence-corrected chi connectivity index (χ3v) is 5.64. The van der Waals surface area contributed by atoms with Gasteiger partial charge in [-0.1, -0.05) is 47.5 Å². The molecular formula is C27H25ClN2O3. The van der Waals surface area contributed by atoms with Gasteiger partial charge in [0.1, 0.15) is 11.4 Å². The first kappa shape index (κ1) is 22.6. The summed E-state index contributed by atoms with van der Waals surface area (Å²) < 4.78 is 5.70. The van der Waals surface area contributed by atoms with E-state index in [9.17, 15) is 9.59 Å². The first-order valence-corrected chi connectivity index (χ1v) is 11.1. The molecule has 0 saturated carbocycles. The van der Waals surface area contributed by atoms with Crippen LogP contribution in [0.3, 0.4) is 0 Å². The summed E-state index contributed by atoms with van der Waals surface area (Å²) in [4.78, 5) is 28.3. The number of hydrogen-bond donors (Lipinski definition) is 1. The highest BCUT2D eigenvalue weighted by atomic mass is 35.5. The Hall–Kier alpha value is -3.57. The Balaban J connectivity index is 1.79. The fraction of sp³-hybridized carbons (Fsp3) is 0.185. The number of nitrogens with one attached hydrogen (secondary N) is 1. The highest BCUT2D eigenvalue weighted by Crippen LogP contribution is 2.37. The number of hydrogen-bond acceptors (Lipinski definition) is 4. The van der Waals surface area contributed by atoms with Crippen LogP contribution in [0, 0.1) is 13.8 Å². The van der Waals surface area contributed by atoms with Crippen LogP contribution in [0.1, 0.15) is 30.5 Å². The van der Waals surface area contributed by atoms with E-state index in [1.165, 1.54) is 0 Å². The number of carbonyl (C=O) groups excluding carboxylic acids is 2. The maximum absolute atomic E-state index is 13.6. The molecule has 1 N–H and O–H groups in total. The van der Waals surface area contributed by atoms with Crippen LogP contribution < -0.4 is 15.0 Å². The molecule has 5 nitrogen and oxygen atoms in total. The van der Waals surface area contributed by atoms with E-state index in [1.54, 1.807) is 24.3 Å². The zero-order valence-corrected chi connectivity index (χ0v) is 19.7. The maximum atomic E-state index is 13.6. The summed E-state index contributed by atoms with van der Waals surface area (Å²) in [7, 11) is 0. The predicted molar refractivity (Wildman–Crippen MR) is 133 cm³/mol. The summed E-state index contributed by atoms with van der Waals surface area (Å²) in [5.41, 5.74) is 4.25. The van der Waals surface area contributed by atoms with Crippen LogP contribution in [-0.4, -0.2) is 17.9 Å². The molecule has 3 aromatic rings. The number of rotatable bonds is 6. The van der Waals surface area contributed by atoms with E-state index in [2.05, 4.69) is 5.32 Å². The summed E-state index contributed by atoms with van der Waals surface area (Å²) in [5.74, 6) is -0.140. The van der Waals surface area contributed by atoms with Crippen LogP contribution in [0.4, 0.5) is 11.4 Å². The summed E-state index contributed by atoms with van der Waals surface area (Å²) in [6.07, 6.45) is 0.0563. The van der Waals surface area contributed by atoms with Gasteiger partial charge in [0, 0.05) is 5.69 Å². The van der Waals surface area contributed by atoms with Gasteiger partial charge in [0.25, 0.3) is 11.8 Å². The monoisotopic (exact) mass is 460 g/mol. The number of benzene rings is 3. The van der Waals surface area contributed by atoms with Crippen LogP contribution in [0.2, 0.25) is 5.02 Å². The quantitative estimate of drug-likeness (QED) is 0.449. The Labute approximate surface area is 198 Å². The van der Waals surface area contributed by atoms with Crippen LogP contribution in [-0.2, 0) is 9.59 Å². The van der Waals surface area contributed by atoms with E-state index >= 15 is 0 Å². The third-order valence-electron chi connectivity index (χ3n) is 5.32. The number of carbonyl (C=O) groups is 2. The summed E-state index contributed by atoms with van der Waals surface area (Å²) in [5, 5.41) is 3.51. The van der Waals surface area contributed by atoms with Crippen molar-refractivity contribution in [1.29, 1.82) is 0 Å². The summed E-state index contributed by atoms with van der Waals surface area (Å²) in [6.45, 7) is 7.84. The van der Waals surface area contributed by atoms with Crippen molar-refractivity contribution in [3.8, 4) is 5.75 Å². The Bertz CT molecular complexity index is 1260. The highest BCUT2D eigenvalue weighted by Gasteiger charge is 2.41. The standard InChI is InChI=1S/C27H25ClN2O3/c1-16(2)33-20-12-10-19(11-13-20)29-25-24(21-14-9-17(3)15-18(21)4)26(31)30(27(25)32)23-8-6-5-7-22(23)28/h5-16,29H,1-4H3. The van der Waals surface area contributed by atoms with Gasteiger partial charge in [-0.15, -0.1) is 0 Å². The minimum atomic E-state index is -0.453. The van der Waals surface area contributed by atoms with E-state index in [4.69, 9.17) is 16.3 Å². The molecular weight excluding hydrogens is 436 g/mol. The third kappa shape index (κ3) is 4.50. The van der Waals surface area contributed by atoms with E-state index in [-0.39, 0.29) is 11.8 Å². The number of amides is 2. The molecule has 3 aromatic carbocycles. The minimum Gasteiger partial charge on any atom is -0.491 e. The molecule has 1 heterocycles. The van der Waals surface area contributed by atoms with Crippen LogP contribution in [0.15, 0.2) is 72.4 Å². The van der Waals surface area contributed by atoms with Gasteiger partial charge in [0.15, 0.2) is 0 Å². The molecule has 1 aliphatic heterocycles. The molecule has 6 heteroatoms. The zero-order chi connectivity index (χ0) is 23.7. The largest absolute Gasteiger partial charge is 0.491 e. The lowest BCUT2D eigenvalue weighted by Gasteiger charge is -2.17. The van der Waals surface area contributed by atoms with E-state index in [0.29, 0.717) is 27.5 Å². The number of para-hydroxylation sites is 1. The molecule has 0 fully saturated rings. The van der Waals surface area contributed by atoms with Crippen molar-refractivity contribution >= 4 is 40.4 Å². The predicted octanol–water partition coefficient (Wildman–Crippen LogP) is 6.14.